The summed E-state index contributed by atoms with van der Waals surface area (Å²) >= 11 is 1.57. The van der Waals surface area contributed by atoms with E-state index in [1.165, 1.54) is 16.8 Å². The van der Waals surface area contributed by atoms with E-state index in [0.29, 0.717) is 0 Å². The largest absolute Gasteiger partial charge is 0.372 e. The molecule has 0 unspecified atom stereocenters. The third kappa shape index (κ3) is 4.56. The lowest BCUT2D eigenvalue weighted by molar-refractivity contribution is 0.103. The number of carbonyl (C=O) groups excluding carboxylic acids is 1. The molecule has 0 atom stereocenters. The maximum atomic E-state index is 13.4. The summed E-state index contributed by atoms with van der Waals surface area (Å²) in [6.45, 7) is 10.4. The number of fused-ring (bicyclic) bond motifs is 1. The smallest absolute Gasteiger partial charge is 0.266 e. The van der Waals surface area contributed by atoms with Gasteiger partial charge < -0.3 is 10.2 Å². The molecule has 0 aliphatic rings. The van der Waals surface area contributed by atoms with Crippen LogP contribution in [0.25, 0.3) is 10.1 Å². The maximum Gasteiger partial charge on any atom is 0.266 e. The van der Waals surface area contributed by atoms with Crippen molar-refractivity contribution in [3.63, 3.8) is 0 Å². The lowest BCUT2D eigenvalue weighted by atomic mass is 10.0. The topological polar surface area (TPSA) is 32.3 Å². The first-order chi connectivity index (χ1) is 15.5. The highest BCUT2D eigenvalue weighted by Crippen LogP contribution is 2.34. The number of rotatable bonds is 7. The fourth-order valence-electron chi connectivity index (χ4n) is 4.12. The molecule has 0 aliphatic carbocycles. The van der Waals surface area contributed by atoms with Gasteiger partial charge in [-0.15, -0.1) is 11.3 Å². The number of nitrogens with zero attached hydrogens (tertiary/aromatic N) is 1. The van der Waals surface area contributed by atoms with Crippen LogP contribution in [0.1, 0.15) is 45.8 Å². The van der Waals surface area contributed by atoms with Gasteiger partial charge in [-0.3, -0.25) is 4.79 Å². The van der Waals surface area contributed by atoms with Crippen molar-refractivity contribution in [3.8, 4) is 0 Å². The molecule has 1 aromatic heterocycles. The molecule has 4 heteroatoms. The van der Waals surface area contributed by atoms with E-state index >= 15 is 0 Å². The van der Waals surface area contributed by atoms with Crippen molar-refractivity contribution < 1.29 is 4.79 Å². The Kier molecular flexibility index (Phi) is 6.61. The van der Waals surface area contributed by atoms with Crippen molar-refractivity contribution in [1.29, 1.82) is 0 Å². The van der Waals surface area contributed by atoms with Crippen LogP contribution in [0, 0.1) is 13.8 Å². The first-order valence-corrected chi connectivity index (χ1v) is 12.0. The van der Waals surface area contributed by atoms with Gasteiger partial charge in [-0.2, -0.15) is 0 Å². The first-order valence-electron chi connectivity index (χ1n) is 11.2. The van der Waals surface area contributed by atoms with E-state index in [2.05, 4.69) is 86.4 Å². The number of hydrogen-bond acceptors (Lipinski definition) is 3. The Morgan fingerprint density at radius 3 is 2.34 bits per heavy atom. The molecule has 0 aliphatic heterocycles. The summed E-state index contributed by atoms with van der Waals surface area (Å²) in [6.07, 6.45) is 0.743. The minimum absolute atomic E-state index is 0.0352. The predicted molar refractivity (Wildman–Crippen MR) is 139 cm³/mol. The number of amides is 1. The van der Waals surface area contributed by atoms with E-state index in [1.54, 1.807) is 11.3 Å². The third-order valence-electron chi connectivity index (χ3n) is 5.99. The van der Waals surface area contributed by atoms with Crippen LogP contribution in [0.3, 0.4) is 0 Å². The molecule has 3 nitrogen and oxygen atoms in total. The molecule has 0 saturated heterocycles. The summed E-state index contributed by atoms with van der Waals surface area (Å²) in [5, 5.41) is 4.34. The summed E-state index contributed by atoms with van der Waals surface area (Å²) in [4.78, 5) is 16.5. The normalized spacial score (nSPS) is 11.0. The Balaban J connectivity index is 1.66. The minimum Gasteiger partial charge on any atom is -0.372 e. The van der Waals surface area contributed by atoms with Gasteiger partial charge in [0.1, 0.15) is 0 Å². The van der Waals surface area contributed by atoms with Gasteiger partial charge in [0, 0.05) is 29.2 Å². The van der Waals surface area contributed by atoms with Crippen molar-refractivity contribution in [2.24, 2.45) is 0 Å². The Labute approximate surface area is 194 Å². The van der Waals surface area contributed by atoms with Crippen LogP contribution < -0.4 is 10.2 Å². The van der Waals surface area contributed by atoms with Crippen molar-refractivity contribution in [3.05, 3.63) is 93.9 Å². The van der Waals surface area contributed by atoms with Crippen molar-refractivity contribution in [2.45, 2.75) is 34.1 Å². The van der Waals surface area contributed by atoms with Gasteiger partial charge in [0.05, 0.1) is 4.88 Å². The monoisotopic (exact) mass is 442 g/mol. The predicted octanol–water partition coefficient (Wildman–Crippen LogP) is 7.21. The molecule has 0 fully saturated rings. The van der Waals surface area contributed by atoms with E-state index in [9.17, 15) is 4.79 Å². The molecule has 32 heavy (non-hydrogen) atoms. The second-order valence-electron chi connectivity index (χ2n) is 8.19. The SMILES string of the molecule is CCN(CC)c1ccc(NC(=O)c2sc3ccccc3c2Cc2ccc(C)cc2)c(C)c1. The fourth-order valence-corrected chi connectivity index (χ4v) is 5.24. The van der Waals surface area contributed by atoms with Gasteiger partial charge in [-0.25, -0.2) is 0 Å². The highest BCUT2D eigenvalue weighted by Gasteiger charge is 2.19. The van der Waals surface area contributed by atoms with Crippen LogP contribution in [-0.2, 0) is 6.42 Å². The maximum absolute atomic E-state index is 13.4. The van der Waals surface area contributed by atoms with E-state index < -0.39 is 0 Å². The van der Waals surface area contributed by atoms with Gasteiger partial charge >= 0.3 is 0 Å². The number of anilines is 2. The van der Waals surface area contributed by atoms with Crippen LogP contribution >= 0.6 is 11.3 Å². The molecule has 0 spiro atoms. The molecule has 3 aromatic carbocycles. The molecular weight excluding hydrogens is 412 g/mol. The van der Waals surface area contributed by atoms with Gasteiger partial charge in [0.15, 0.2) is 0 Å². The van der Waals surface area contributed by atoms with Crippen LogP contribution in [0.15, 0.2) is 66.7 Å². The highest BCUT2D eigenvalue weighted by atomic mass is 32.1. The molecule has 0 radical (unpaired) electrons. The van der Waals surface area contributed by atoms with Crippen LogP contribution in [-0.4, -0.2) is 19.0 Å². The lowest BCUT2D eigenvalue weighted by Gasteiger charge is -2.22. The second kappa shape index (κ2) is 9.58. The third-order valence-corrected chi connectivity index (χ3v) is 7.20. The van der Waals surface area contributed by atoms with Crippen LogP contribution in [0.2, 0.25) is 0 Å². The summed E-state index contributed by atoms with van der Waals surface area (Å²) in [5.74, 6) is -0.0352. The van der Waals surface area contributed by atoms with Gasteiger partial charge in [0.25, 0.3) is 5.91 Å². The van der Waals surface area contributed by atoms with Crippen LogP contribution in [0.4, 0.5) is 11.4 Å². The zero-order chi connectivity index (χ0) is 22.7. The van der Waals surface area contributed by atoms with E-state index in [1.807, 2.05) is 18.2 Å². The average Bonchev–Trinajstić information content (AvgIpc) is 3.16. The quantitative estimate of drug-likeness (QED) is 0.328. The standard InChI is InChI=1S/C28H30N2OS/c1-5-30(6-2)22-15-16-25(20(4)17-22)29-28(31)27-24(18-21-13-11-19(3)12-14-21)23-9-7-8-10-26(23)32-27/h7-17H,5-6,18H2,1-4H3,(H,29,31). The molecule has 0 bridgehead atoms. The fraction of sp³-hybridized carbons (Fsp3) is 0.250. The Morgan fingerprint density at radius 1 is 0.938 bits per heavy atom. The van der Waals surface area contributed by atoms with Gasteiger partial charge in [-0.1, -0.05) is 48.0 Å². The summed E-state index contributed by atoms with van der Waals surface area (Å²) in [6, 6.07) is 23.1. The molecule has 1 amide bonds. The average molecular weight is 443 g/mol. The molecule has 1 N–H and O–H groups in total. The number of aryl methyl sites for hydroxylation is 2. The van der Waals surface area contributed by atoms with Crippen molar-refractivity contribution in [2.75, 3.05) is 23.3 Å². The molecule has 4 rings (SSSR count). The zero-order valence-electron chi connectivity index (χ0n) is 19.2. The number of carbonyl (C=O) groups is 1. The summed E-state index contributed by atoms with van der Waals surface area (Å²) in [7, 11) is 0. The van der Waals surface area contributed by atoms with Crippen LogP contribution in [0.5, 0.6) is 0 Å². The lowest BCUT2D eigenvalue weighted by Crippen LogP contribution is -2.22. The number of benzene rings is 3. The van der Waals surface area contributed by atoms with E-state index in [0.717, 1.165) is 51.3 Å². The van der Waals surface area contributed by atoms with Crippen molar-refractivity contribution in [1.82, 2.24) is 0 Å². The Bertz CT molecular complexity index is 1240. The zero-order valence-corrected chi connectivity index (χ0v) is 20.1. The number of nitrogens with one attached hydrogen (secondary N) is 1. The van der Waals surface area contributed by atoms with Gasteiger partial charge in [-0.05, 0) is 80.5 Å². The van der Waals surface area contributed by atoms with Gasteiger partial charge in [0.2, 0.25) is 0 Å². The molecule has 4 aromatic rings. The van der Waals surface area contributed by atoms with Crippen molar-refractivity contribution >= 4 is 38.7 Å². The number of thiophene rings is 1. The summed E-state index contributed by atoms with van der Waals surface area (Å²) < 4.78 is 1.15. The highest BCUT2D eigenvalue weighted by molar-refractivity contribution is 7.21. The Morgan fingerprint density at radius 2 is 1.66 bits per heavy atom. The second-order valence-corrected chi connectivity index (χ2v) is 9.25. The summed E-state index contributed by atoms with van der Waals surface area (Å²) in [5.41, 5.74) is 6.68. The molecule has 1 heterocycles. The Hall–Kier alpha value is -3.11. The minimum atomic E-state index is -0.0352. The molecular formula is C28H30N2OS. The molecule has 0 saturated carbocycles. The molecule has 164 valence electrons. The van der Waals surface area contributed by atoms with E-state index in [-0.39, 0.29) is 5.91 Å². The number of hydrogen-bond donors (Lipinski definition) is 1. The van der Waals surface area contributed by atoms with E-state index in [4.69, 9.17) is 0 Å². The first kappa shape index (κ1) is 22.1.